The predicted octanol–water partition coefficient (Wildman–Crippen LogP) is 2.33. The van der Waals surface area contributed by atoms with Crippen molar-refractivity contribution in [1.82, 2.24) is 0 Å². The highest BCUT2D eigenvalue weighted by atomic mass is 35.5. The van der Waals surface area contributed by atoms with Gasteiger partial charge in [-0.15, -0.1) is 11.6 Å². The zero-order valence-electron chi connectivity index (χ0n) is 9.07. The Kier molecular flexibility index (Phi) is 4.58. The number of hydrogen-bond donors (Lipinski definition) is 2. The van der Waals surface area contributed by atoms with Gasteiger partial charge in [0.05, 0.1) is 6.10 Å². The fraction of sp³-hybridized carbons (Fsp3) is 0.500. The second-order valence-electron chi connectivity index (χ2n) is 3.85. The molecule has 15 heavy (non-hydrogen) atoms. The zero-order valence-corrected chi connectivity index (χ0v) is 9.83. The van der Waals surface area contributed by atoms with Crippen LogP contribution >= 0.6 is 11.6 Å². The molecule has 2 unspecified atom stereocenters. The van der Waals surface area contributed by atoms with Gasteiger partial charge in [0, 0.05) is 5.88 Å². The molecular formula is C12H17ClO2. The highest BCUT2D eigenvalue weighted by Crippen LogP contribution is 2.23. The first-order valence-corrected chi connectivity index (χ1v) is 5.59. The van der Waals surface area contributed by atoms with Crippen LogP contribution in [0.15, 0.2) is 18.2 Å². The second-order valence-corrected chi connectivity index (χ2v) is 4.23. The van der Waals surface area contributed by atoms with E-state index in [4.69, 9.17) is 11.6 Å². The molecule has 2 atom stereocenters. The molecule has 1 aromatic rings. The average molecular weight is 229 g/mol. The summed E-state index contributed by atoms with van der Waals surface area (Å²) in [6, 6.07) is 5.78. The molecule has 0 aliphatic rings. The van der Waals surface area contributed by atoms with Gasteiger partial charge in [-0.2, -0.15) is 0 Å². The largest absolute Gasteiger partial charge is 0.390 e. The molecule has 2 nitrogen and oxygen atoms in total. The Labute approximate surface area is 95.5 Å². The lowest BCUT2D eigenvalue weighted by molar-refractivity contribution is 0.0166. The molecule has 0 saturated carbocycles. The lowest BCUT2D eigenvalue weighted by Crippen LogP contribution is -2.19. The van der Waals surface area contributed by atoms with E-state index in [0.717, 1.165) is 16.7 Å². The fourth-order valence-electron chi connectivity index (χ4n) is 1.63. The third-order valence-corrected chi connectivity index (χ3v) is 2.73. The topological polar surface area (TPSA) is 40.5 Å². The summed E-state index contributed by atoms with van der Waals surface area (Å²) in [5.74, 6) is 0.350. The Bertz CT molecular complexity index is 325. The van der Waals surface area contributed by atoms with E-state index in [1.54, 1.807) is 0 Å². The van der Waals surface area contributed by atoms with Crippen LogP contribution in [0.2, 0.25) is 0 Å². The summed E-state index contributed by atoms with van der Waals surface area (Å²) < 4.78 is 0. The molecular weight excluding hydrogens is 212 g/mol. The summed E-state index contributed by atoms with van der Waals surface area (Å²) in [7, 11) is 0. The molecule has 2 N–H and O–H groups in total. The van der Waals surface area contributed by atoms with Crippen LogP contribution in [0.1, 0.15) is 29.2 Å². The molecule has 1 rings (SSSR count). The summed E-state index contributed by atoms with van der Waals surface area (Å²) in [4.78, 5) is 0. The summed E-state index contributed by atoms with van der Waals surface area (Å²) in [5, 5.41) is 19.5. The number of halogens is 1. The Morgan fingerprint density at radius 3 is 2.47 bits per heavy atom. The number of rotatable bonds is 4. The Morgan fingerprint density at radius 1 is 1.27 bits per heavy atom. The zero-order chi connectivity index (χ0) is 11.4. The van der Waals surface area contributed by atoms with Gasteiger partial charge in [-0.1, -0.05) is 23.8 Å². The summed E-state index contributed by atoms with van der Waals surface area (Å²) in [5.41, 5.74) is 2.92. The normalized spacial score (nSPS) is 15.0. The lowest BCUT2D eigenvalue weighted by atomic mass is 9.97. The van der Waals surface area contributed by atoms with Crippen LogP contribution in [0.5, 0.6) is 0 Å². The first kappa shape index (κ1) is 12.5. The highest BCUT2D eigenvalue weighted by molar-refractivity contribution is 6.17. The molecule has 0 radical (unpaired) electrons. The molecule has 0 saturated heterocycles. The Hall–Kier alpha value is -0.570. The molecule has 0 aliphatic carbocycles. The van der Waals surface area contributed by atoms with E-state index in [9.17, 15) is 10.2 Å². The third-order valence-electron chi connectivity index (χ3n) is 2.51. The van der Waals surface area contributed by atoms with Gasteiger partial charge >= 0.3 is 0 Å². The van der Waals surface area contributed by atoms with Crippen molar-refractivity contribution in [1.29, 1.82) is 0 Å². The molecule has 3 heteroatoms. The summed E-state index contributed by atoms with van der Waals surface area (Å²) in [6.07, 6.45) is -1.23. The van der Waals surface area contributed by atoms with Gasteiger partial charge in [-0.25, -0.2) is 0 Å². The van der Waals surface area contributed by atoms with Gasteiger partial charge in [0.15, 0.2) is 0 Å². The van der Waals surface area contributed by atoms with Crippen molar-refractivity contribution < 1.29 is 10.2 Å². The molecule has 0 heterocycles. The monoisotopic (exact) mass is 228 g/mol. The minimum absolute atomic E-state index is 0.350. The second kappa shape index (κ2) is 5.50. The number of benzene rings is 1. The first-order valence-electron chi connectivity index (χ1n) is 5.05. The molecule has 0 aromatic heterocycles. The summed E-state index contributed by atoms with van der Waals surface area (Å²) >= 11 is 5.52. The average Bonchev–Trinajstić information content (AvgIpc) is 2.17. The van der Waals surface area contributed by atoms with E-state index in [0.29, 0.717) is 12.3 Å². The van der Waals surface area contributed by atoms with Crippen LogP contribution in [-0.4, -0.2) is 22.2 Å². The SMILES string of the molecule is Cc1ccc(C(O)C(O)CCCl)c(C)c1. The number of hydrogen-bond acceptors (Lipinski definition) is 2. The van der Waals surface area contributed by atoms with Crippen LogP contribution in [0.3, 0.4) is 0 Å². The van der Waals surface area contributed by atoms with Crippen molar-refractivity contribution in [3.05, 3.63) is 34.9 Å². The number of aryl methyl sites for hydroxylation is 2. The maximum Gasteiger partial charge on any atom is 0.105 e. The van der Waals surface area contributed by atoms with Crippen molar-refractivity contribution >= 4 is 11.6 Å². The van der Waals surface area contributed by atoms with E-state index in [2.05, 4.69) is 0 Å². The quantitative estimate of drug-likeness (QED) is 0.777. The Balaban J connectivity index is 2.86. The molecule has 1 aromatic carbocycles. The molecule has 0 amide bonds. The molecule has 84 valence electrons. The van der Waals surface area contributed by atoms with E-state index >= 15 is 0 Å². The maximum absolute atomic E-state index is 9.88. The molecule has 0 spiro atoms. The van der Waals surface area contributed by atoms with Crippen LogP contribution in [0, 0.1) is 13.8 Å². The van der Waals surface area contributed by atoms with E-state index in [1.807, 2.05) is 32.0 Å². The van der Waals surface area contributed by atoms with Crippen molar-refractivity contribution in [3.63, 3.8) is 0 Å². The van der Waals surface area contributed by atoms with Gasteiger partial charge in [0.1, 0.15) is 6.10 Å². The molecule has 0 bridgehead atoms. The van der Waals surface area contributed by atoms with E-state index in [1.165, 1.54) is 0 Å². The van der Waals surface area contributed by atoms with Gasteiger partial charge in [0.2, 0.25) is 0 Å². The van der Waals surface area contributed by atoms with Gasteiger partial charge < -0.3 is 10.2 Å². The van der Waals surface area contributed by atoms with Crippen LogP contribution < -0.4 is 0 Å². The lowest BCUT2D eigenvalue weighted by Gasteiger charge is -2.19. The van der Waals surface area contributed by atoms with Gasteiger partial charge in [0.25, 0.3) is 0 Å². The number of aliphatic hydroxyl groups excluding tert-OH is 2. The molecule has 0 aliphatic heterocycles. The standard InChI is InChI=1S/C12H17ClO2/c1-8-3-4-10(9(2)7-8)12(15)11(14)5-6-13/h3-4,7,11-12,14-15H,5-6H2,1-2H3. The predicted molar refractivity (Wildman–Crippen MR) is 62.2 cm³/mol. The molecule has 0 fully saturated rings. The van der Waals surface area contributed by atoms with E-state index in [-0.39, 0.29) is 0 Å². The van der Waals surface area contributed by atoms with Gasteiger partial charge in [-0.05, 0) is 31.4 Å². The van der Waals surface area contributed by atoms with Crippen molar-refractivity contribution in [2.24, 2.45) is 0 Å². The van der Waals surface area contributed by atoms with Crippen molar-refractivity contribution in [2.45, 2.75) is 32.5 Å². The fourth-order valence-corrected chi connectivity index (χ4v) is 1.86. The summed E-state index contributed by atoms with van der Waals surface area (Å²) in [6.45, 7) is 3.93. The maximum atomic E-state index is 9.88. The third kappa shape index (κ3) is 3.20. The van der Waals surface area contributed by atoms with Gasteiger partial charge in [-0.3, -0.25) is 0 Å². The van der Waals surface area contributed by atoms with Crippen LogP contribution in [-0.2, 0) is 0 Å². The number of aliphatic hydroxyl groups is 2. The first-order chi connectivity index (χ1) is 7.06. The number of alkyl halides is 1. The minimum atomic E-state index is -0.843. The Morgan fingerprint density at radius 2 is 1.93 bits per heavy atom. The van der Waals surface area contributed by atoms with Crippen LogP contribution in [0.4, 0.5) is 0 Å². The minimum Gasteiger partial charge on any atom is -0.390 e. The van der Waals surface area contributed by atoms with Crippen LogP contribution in [0.25, 0.3) is 0 Å². The van der Waals surface area contributed by atoms with Crippen molar-refractivity contribution in [3.8, 4) is 0 Å². The smallest absolute Gasteiger partial charge is 0.105 e. The highest BCUT2D eigenvalue weighted by Gasteiger charge is 2.19. The van der Waals surface area contributed by atoms with E-state index < -0.39 is 12.2 Å². The van der Waals surface area contributed by atoms with Crippen molar-refractivity contribution in [2.75, 3.05) is 5.88 Å².